The number of rotatable bonds is 3. The van der Waals surface area contributed by atoms with E-state index in [1.54, 1.807) is 0 Å². The molecule has 1 unspecified atom stereocenters. The van der Waals surface area contributed by atoms with E-state index in [9.17, 15) is 0 Å². The summed E-state index contributed by atoms with van der Waals surface area (Å²) in [7, 11) is 0. The molecule has 0 N–H and O–H groups in total. The average molecular weight is 279 g/mol. The van der Waals surface area contributed by atoms with Gasteiger partial charge in [0.2, 0.25) is 0 Å². The van der Waals surface area contributed by atoms with E-state index < -0.39 is 0 Å². The van der Waals surface area contributed by atoms with Crippen molar-refractivity contribution in [3.05, 3.63) is 0 Å². The summed E-state index contributed by atoms with van der Waals surface area (Å²) in [5.74, 6) is 0. The van der Waals surface area contributed by atoms with Crippen LogP contribution in [0.3, 0.4) is 0 Å². The number of likely N-dealkylation sites (tertiary alicyclic amines) is 3. The zero-order valence-corrected chi connectivity index (χ0v) is 14.1. The van der Waals surface area contributed by atoms with Crippen molar-refractivity contribution in [1.82, 2.24) is 14.7 Å². The first-order chi connectivity index (χ1) is 9.44. The van der Waals surface area contributed by atoms with Crippen LogP contribution in [0.25, 0.3) is 0 Å². The quantitative estimate of drug-likeness (QED) is 0.785. The fourth-order valence-corrected chi connectivity index (χ4v) is 4.96. The van der Waals surface area contributed by atoms with Crippen LogP contribution in [-0.4, -0.2) is 71.6 Å². The van der Waals surface area contributed by atoms with Gasteiger partial charge in [0, 0.05) is 55.8 Å². The van der Waals surface area contributed by atoms with E-state index in [1.807, 2.05) is 0 Å². The Hall–Kier alpha value is -0.120. The first kappa shape index (κ1) is 14.8. The summed E-state index contributed by atoms with van der Waals surface area (Å²) >= 11 is 0. The van der Waals surface area contributed by atoms with Crippen LogP contribution in [0.4, 0.5) is 0 Å². The molecule has 116 valence electrons. The number of nitrogens with zero attached hydrogens (tertiary/aromatic N) is 3. The Labute approximate surface area is 125 Å². The van der Waals surface area contributed by atoms with Gasteiger partial charge in [-0.25, -0.2) is 0 Å². The summed E-state index contributed by atoms with van der Waals surface area (Å²) < 4.78 is 0. The third kappa shape index (κ3) is 2.42. The van der Waals surface area contributed by atoms with Gasteiger partial charge >= 0.3 is 0 Å². The predicted molar refractivity (Wildman–Crippen MR) is 85.0 cm³/mol. The summed E-state index contributed by atoms with van der Waals surface area (Å²) in [5.41, 5.74) is 0.679. The molecule has 3 aliphatic heterocycles. The first-order valence-electron chi connectivity index (χ1n) is 8.68. The maximum absolute atomic E-state index is 2.79. The van der Waals surface area contributed by atoms with Crippen LogP contribution in [0.1, 0.15) is 47.5 Å². The Bertz CT molecular complexity index is 328. The minimum absolute atomic E-state index is 0.679. The van der Waals surface area contributed by atoms with E-state index in [0.29, 0.717) is 5.41 Å². The summed E-state index contributed by atoms with van der Waals surface area (Å²) in [6.45, 7) is 18.4. The molecule has 0 aliphatic carbocycles. The van der Waals surface area contributed by atoms with Crippen LogP contribution >= 0.6 is 0 Å². The summed E-state index contributed by atoms with van der Waals surface area (Å²) in [6, 6.07) is 3.11. The van der Waals surface area contributed by atoms with Crippen LogP contribution in [-0.2, 0) is 0 Å². The first-order valence-corrected chi connectivity index (χ1v) is 8.68. The highest BCUT2D eigenvalue weighted by Crippen LogP contribution is 2.43. The zero-order chi connectivity index (χ0) is 14.5. The third-order valence-corrected chi connectivity index (χ3v) is 6.12. The molecule has 20 heavy (non-hydrogen) atoms. The van der Waals surface area contributed by atoms with Gasteiger partial charge in [-0.05, 0) is 47.1 Å². The SMILES string of the molecule is CCN1[C@H](C)CC(N2CC3(CN(C(C)C)C3)C2)C[C@@H]1C. The number of piperidine rings is 1. The monoisotopic (exact) mass is 279 g/mol. The van der Waals surface area contributed by atoms with Crippen LogP contribution in [0.5, 0.6) is 0 Å². The topological polar surface area (TPSA) is 9.72 Å². The molecular formula is C17H33N3. The van der Waals surface area contributed by atoms with Gasteiger partial charge in [-0.15, -0.1) is 0 Å². The van der Waals surface area contributed by atoms with Gasteiger partial charge in [-0.3, -0.25) is 14.7 Å². The molecule has 0 radical (unpaired) electrons. The van der Waals surface area contributed by atoms with E-state index in [-0.39, 0.29) is 0 Å². The number of hydrogen-bond donors (Lipinski definition) is 0. The van der Waals surface area contributed by atoms with Crippen molar-refractivity contribution in [1.29, 1.82) is 0 Å². The lowest BCUT2D eigenvalue weighted by molar-refractivity contribution is -0.149. The Kier molecular flexibility index (Phi) is 3.89. The second-order valence-electron chi connectivity index (χ2n) is 8.06. The molecule has 3 heteroatoms. The molecule has 1 spiro atoms. The van der Waals surface area contributed by atoms with Gasteiger partial charge in [0.1, 0.15) is 0 Å². The molecule has 3 atom stereocenters. The summed E-state index contributed by atoms with van der Waals surface area (Å²) in [5, 5.41) is 0. The average Bonchev–Trinajstić information content (AvgIpc) is 2.24. The fourth-order valence-electron chi connectivity index (χ4n) is 4.96. The molecule has 0 amide bonds. The van der Waals surface area contributed by atoms with Crippen molar-refractivity contribution in [3.63, 3.8) is 0 Å². The molecule has 3 rings (SSSR count). The summed E-state index contributed by atoms with van der Waals surface area (Å²) in [6.07, 6.45) is 2.75. The lowest BCUT2D eigenvalue weighted by Gasteiger charge is -2.64. The van der Waals surface area contributed by atoms with Gasteiger partial charge in [-0.1, -0.05) is 6.92 Å². The lowest BCUT2D eigenvalue weighted by Crippen LogP contribution is -2.75. The Balaban J connectivity index is 1.49. The van der Waals surface area contributed by atoms with Crippen molar-refractivity contribution in [3.8, 4) is 0 Å². The van der Waals surface area contributed by atoms with Crippen molar-refractivity contribution in [2.75, 3.05) is 32.7 Å². The van der Waals surface area contributed by atoms with Crippen LogP contribution < -0.4 is 0 Å². The molecule has 3 saturated heterocycles. The van der Waals surface area contributed by atoms with Gasteiger partial charge in [0.15, 0.2) is 0 Å². The Morgan fingerprint density at radius 1 is 1.00 bits per heavy atom. The molecule has 3 aliphatic rings. The van der Waals surface area contributed by atoms with Crippen molar-refractivity contribution in [2.24, 2.45) is 5.41 Å². The van der Waals surface area contributed by atoms with Gasteiger partial charge in [0.05, 0.1) is 0 Å². The van der Waals surface area contributed by atoms with E-state index in [0.717, 1.165) is 24.2 Å². The predicted octanol–water partition coefficient (Wildman–Crippen LogP) is 2.27. The van der Waals surface area contributed by atoms with Gasteiger partial charge in [-0.2, -0.15) is 0 Å². The normalized spacial score (nSPS) is 39.0. The van der Waals surface area contributed by atoms with Crippen molar-refractivity contribution in [2.45, 2.75) is 71.6 Å². The molecule has 0 saturated carbocycles. The van der Waals surface area contributed by atoms with E-state index in [2.05, 4.69) is 49.3 Å². The van der Waals surface area contributed by atoms with Gasteiger partial charge < -0.3 is 0 Å². The fraction of sp³-hybridized carbons (Fsp3) is 1.00. The molecule has 0 aromatic heterocycles. The molecule has 0 bridgehead atoms. The lowest BCUT2D eigenvalue weighted by atomic mass is 9.70. The Morgan fingerprint density at radius 3 is 2.00 bits per heavy atom. The molecule has 0 aromatic rings. The summed E-state index contributed by atoms with van der Waals surface area (Å²) in [4.78, 5) is 8.09. The standard InChI is InChI=1S/C17H33N3/c1-6-20-14(4)7-16(8-15(20)5)19-11-17(12-19)9-18(10-17)13(2)3/h13-16H,6-12H2,1-5H3/t14-,15+,16?. The van der Waals surface area contributed by atoms with E-state index in [4.69, 9.17) is 0 Å². The molecule has 3 heterocycles. The van der Waals surface area contributed by atoms with E-state index >= 15 is 0 Å². The smallest absolute Gasteiger partial charge is 0.0212 e. The highest BCUT2D eigenvalue weighted by atomic mass is 15.3. The second kappa shape index (κ2) is 5.26. The van der Waals surface area contributed by atoms with Gasteiger partial charge in [0.25, 0.3) is 0 Å². The minimum Gasteiger partial charge on any atom is -0.300 e. The largest absolute Gasteiger partial charge is 0.300 e. The highest BCUT2D eigenvalue weighted by molar-refractivity contribution is 5.08. The van der Waals surface area contributed by atoms with Crippen LogP contribution in [0, 0.1) is 5.41 Å². The maximum Gasteiger partial charge on any atom is 0.0212 e. The number of hydrogen-bond acceptors (Lipinski definition) is 3. The Morgan fingerprint density at radius 2 is 1.55 bits per heavy atom. The maximum atomic E-state index is 2.79. The third-order valence-electron chi connectivity index (χ3n) is 6.12. The van der Waals surface area contributed by atoms with E-state index in [1.165, 1.54) is 45.6 Å². The second-order valence-corrected chi connectivity index (χ2v) is 8.06. The highest BCUT2D eigenvalue weighted by Gasteiger charge is 2.54. The molecule has 3 fully saturated rings. The van der Waals surface area contributed by atoms with Crippen molar-refractivity contribution >= 4 is 0 Å². The zero-order valence-electron chi connectivity index (χ0n) is 14.1. The molecular weight excluding hydrogens is 246 g/mol. The molecule has 3 nitrogen and oxygen atoms in total. The van der Waals surface area contributed by atoms with Crippen LogP contribution in [0.2, 0.25) is 0 Å². The molecule has 0 aromatic carbocycles. The van der Waals surface area contributed by atoms with Crippen molar-refractivity contribution < 1.29 is 0 Å². The minimum atomic E-state index is 0.679. The van der Waals surface area contributed by atoms with Crippen LogP contribution in [0.15, 0.2) is 0 Å².